The average Bonchev–Trinajstić information content (AvgIpc) is 2.39. The molecular formula is C10H7ClNO2. The standard InChI is InChI=1S/C10H7ClNO2/c1-2-12-9(13)7-4-3-6(11)5-8(7)10(12)14/h3-5H,1-2H2. The lowest BCUT2D eigenvalue weighted by Crippen LogP contribution is -2.29. The number of amides is 2. The molecule has 1 aromatic carbocycles. The number of hydrogen-bond donors (Lipinski definition) is 0. The molecule has 0 aromatic heterocycles. The Morgan fingerprint density at radius 3 is 2.50 bits per heavy atom. The van der Waals surface area contributed by atoms with Gasteiger partial charge in [-0.2, -0.15) is 0 Å². The summed E-state index contributed by atoms with van der Waals surface area (Å²) in [6.07, 6.45) is 0. The SMILES string of the molecule is [CH2]CN1C(=O)c2ccc(Cl)cc2C1=O. The van der Waals surface area contributed by atoms with E-state index in [0.717, 1.165) is 4.90 Å². The molecule has 71 valence electrons. The number of fused-ring (bicyclic) bond motifs is 1. The van der Waals surface area contributed by atoms with Crippen molar-refractivity contribution in [2.45, 2.75) is 0 Å². The molecule has 0 spiro atoms. The Bertz CT molecular complexity index is 428. The average molecular weight is 209 g/mol. The molecule has 1 heterocycles. The third kappa shape index (κ3) is 1.13. The first-order valence-electron chi connectivity index (χ1n) is 4.10. The minimum absolute atomic E-state index is 0.143. The van der Waals surface area contributed by atoms with Gasteiger partial charge in [-0.05, 0) is 25.1 Å². The van der Waals surface area contributed by atoms with E-state index in [4.69, 9.17) is 11.6 Å². The Balaban J connectivity index is 2.58. The highest BCUT2D eigenvalue weighted by Crippen LogP contribution is 2.25. The lowest BCUT2D eigenvalue weighted by Gasteiger charge is -2.08. The molecule has 0 saturated carbocycles. The molecule has 4 heteroatoms. The molecule has 0 saturated heterocycles. The van der Waals surface area contributed by atoms with E-state index in [9.17, 15) is 9.59 Å². The van der Waals surface area contributed by atoms with Crippen LogP contribution in [0.25, 0.3) is 0 Å². The summed E-state index contributed by atoms with van der Waals surface area (Å²) in [6, 6.07) is 4.67. The molecule has 0 aliphatic carbocycles. The molecule has 0 atom stereocenters. The van der Waals surface area contributed by atoms with Crippen molar-refractivity contribution < 1.29 is 9.59 Å². The normalized spacial score (nSPS) is 14.9. The maximum atomic E-state index is 11.6. The molecular weight excluding hydrogens is 202 g/mol. The Hall–Kier alpha value is -1.35. The van der Waals surface area contributed by atoms with Gasteiger partial charge in [0.1, 0.15) is 0 Å². The minimum Gasteiger partial charge on any atom is -0.274 e. The van der Waals surface area contributed by atoms with Crippen LogP contribution >= 0.6 is 11.6 Å². The van der Waals surface area contributed by atoms with E-state index >= 15 is 0 Å². The van der Waals surface area contributed by atoms with Crippen LogP contribution in [0.4, 0.5) is 0 Å². The van der Waals surface area contributed by atoms with Gasteiger partial charge in [-0.25, -0.2) is 0 Å². The number of nitrogens with zero attached hydrogens (tertiary/aromatic N) is 1. The molecule has 14 heavy (non-hydrogen) atoms. The second-order valence-corrected chi connectivity index (χ2v) is 3.39. The largest absolute Gasteiger partial charge is 0.274 e. The van der Waals surface area contributed by atoms with Crippen molar-refractivity contribution in [3.63, 3.8) is 0 Å². The number of hydrogen-bond acceptors (Lipinski definition) is 2. The van der Waals surface area contributed by atoms with Crippen molar-refractivity contribution in [3.8, 4) is 0 Å². The first kappa shape index (κ1) is 9.21. The number of imide groups is 1. The maximum Gasteiger partial charge on any atom is 0.261 e. The molecule has 1 aliphatic rings. The van der Waals surface area contributed by atoms with E-state index in [1.807, 2.05) is 0 Å². The lowest BCUT2D eigenvalue weighted by molar-refractivity contribution is 0.0671. The van der Waals surface area contributed by atoms with Gasteiger partial charge in [-0.3, -0.25) is 14.5 Å². The van der Waals surface area contributed by atoms with Gasteiger partial charge in [-0.1, -0.05) is 11.6 Å². The molecule has 0 N–H and O–H groups in total. The van der Waals surface area contributed by atoms with Crippen LogP contribution in [0.15, 0.2) is 18.2 Å². The first-order valence-corrected chi connectivity index (χ1v) is 4.48. The lowest BCUT2D eigenvalue weighted by atomic mass is 10.1. The van der Waals surface area contributed by atoms with Gasteiger partial charge in [0, 0.05) is 11.6 Å². The van der Waals surface area contributed by atoms with Gasteiger partial charge in [0.15, 0.2) is 0 Å². The second kappa shape index (κ2) is 3.10. The summed E-state index contributed by atoms with van der Waals surface area (Å²) in [5, 5.41) is 0.454. The molecule has 0 unspecified atom stereocenters. The summed E-state index contributed by atoms with van der Waals surface area (Å²) >= 11 is 5.73. The quantitative estimate of drug-likeness (QED) is 0.660. The summed E-state index contributed by atoms with van der Waals surface area (Å²) < 4.78 is 0. The van der Waals surface area contributed by atoms with Crippen molar-refractivity contribution in [2.24, 2.45) is 0 Å². The van der Waals surface area contributed by atoms with Gasteiger partial charge < -0.3 is 0 Å². The van der Waals surface area contributed by atoms with E-state index < -0.39 is 0 Å². The highest BCUT2D eigenvalue weighted by molar-refractivity contribution is 6.32. The minimum atomic E-state index is -0.317. The van der Waals surface area contributed by atoms with Crippen molar-refractivity contribution in [1.29, 1.82) is 0 Å². The van der Waals surface area contributed by atoms with Crippen molar-refractivity contribution in [2.75, 3.05) is 6.54 Å². The zero-order valence-electron chi connectivity index (χ0n) is 7.29. The molecule has 2 amide bonds. The summed E-state index contributed by atoms with van der Waals surface area (Å²) in [7, 11) is 0. The van der Waals surface area contributed by atoms with E-state index in [0.29, 0.717) is 16.1 Å². The van der Waals surface area contributed by atoms with Crippen LogP contribution in [0.5, 0.6) is 0 Å². The number of rotatable bonds is 1. The van der Waals surface area contributed by atoms with Crippen LogP contribution in [0.1, 0.15) is 20.7 Å². The molecule has 1 aliphatic heterocycles. The van der Waals surface area contributed by atoms with E-state index in [1.54, 1.807) is 12.1 Å². The summed E-state index contributed by atoms with van der Waals surface area (Å²) in [6.45, 7) is 3.67. The van der Waals surface area contributed by atoms with Gasteiger partial charge in [0.25, 0.3) is 11.8 Å². The molecule has 3 nitrogen and oxygen atoms in total. The van der Waals surface area contributed by atoms with E-state index in [1.165, 1.54) is 6.07 Å². The Morgan fingerprint density at radius 2 is 1.86 bits per heavy atom. The first-order chi connectivity index (χ1) is 6.65. The summed E-state index contributed by atoms with van der Waals surface area (Å²) in [5.41, 5.74) is 0.772. The maximum absolute atomic E-state index is 11.6. The van der Waals surface area contributed by atoms with Crippen LogP contribution in [0.3, 0.4) is 0 Å². The number of carbonyl (C=O) groups excluding carboxylic acids is 2. The predicted octanol–water partition coefficient (Wildman–Crippen LogP) is 1.77. The van der Waals surface area contributed by atoms with Gasteiger partial charge in [0.2, 0.25) is 0 Å². The smallest absolute Gasteiger partial charge is 0.261 e. The Kier molecular flexibility index (Phi) is 2.04. The van der Waals surface area contributed by atoms with Crippen LogP contribution < -0.4 is 0 Å². The fourth-order valence-electron chi connectivity index (χ4n) is 1.47. The predicted molar refractivity (Wildman–Crippen MR) is 52.2 cm³/mol. The number of benzene rings is 1. The molecule has 0 fully saturated rings. The van der Waals surface area contributed by atoms with Crippen LogP contribution in [-0.4, -0.2) is 23.3 Å². The zero-order chi connectivity index (χ0) is 10.3. The van der Waals surface area contributed by atoms with Gasteiger partial charge in [0.05, 0.1) is 11.1 Å². The molecule has 2 rings (SSSR count). The molecule has 1 aromatic rings. The second-order valence-electron chi connectivity index (χ2n) is 2.95. The van der Waals surface area contributed by atoms with Crippen LogP contribution in [-0.2, 0) is 0 Å². The van der Waals surface area contributed by atoms with Crippen molar-refractivity contribution in [1.82, 2.24) is 4.90 Å². The Labute approximate surface area is 86.3 Å². The molecule has 0 bridgehead atoms. The fraction of sp³-hybridized carbons (Fsp3) is 0.100. The highest BCUT2D eigenvalue weighted by Gasteiger charge is 2.34. The zero-order valence-corrected chi connectivity index (χ0v) is 8.04. The van der Waals surface area contributed by atoms with Gasteiger partial charge in [-0.15, -0.1) is 0 Å². The summed E-state index contributed by atoms with van der Waals surface area (Å²) in [5.74, 6) is -0.612. The highest BCUT2D eigenvalue weighted by atomic mass is 35.5. The van der Waals surface area contributed by atoms with Crippen LogP contribution in [0, 0.1) is 6.92 Å². The van der Waals surface area contributed by atoms with E-state index in [2.05, 4.69) is 6.92 Å². The van der Waals surface area contributed by atoms with E-state index in [-0.39, 0.29) is 18.4 Å². The molecule has 1 radical (unpaired) electrons. The summed E-state index contributed by atoms with van der Waals surface area (Å²) in [4.78, 5) is 24.3. The third-order valence-corrected chi connectivity index (χ3v) is 2.39. The monoisotopic (exact) mass is 208 g/mol. The van der Waals surface area contributed by atoms with Crippen LogP contribution in [0.2, 0.25) is 5.02 Å². The van der Waals surface area contributed by atoms with Crippen molar-refractivity contribution >= 4 is 23.4 Å². The topological polar surface area (TPSA) is 37.4 Å². The van der Waals surface area contributed by atoms with Crippen molar-refractivity contribution in [3.05, 3.63) is 41.3 Å². The van der Waals surface area contributed by atoms with Gasteiger partial charge >= 0.3 is 0 Å². The third-order valence-electron chi connectivity index (χ3n) is 2.16. The Morgan fingerprint density at radius 1 is 1.21 bits per heavy atom. The fourth-order valence-corrected chi connectivity index (χ4v) is 1.64. The number of halogens is 1. The number of carbonyl (C=O) groups is 2.